The summed E-state index contributed by atoms with van der Waals surface area (Å²) in [5.74, 6) is -0.702. The second-order valence-corrected chi connectivity index (χ2v) is 7.46. The number of ether oxygens (including phenoxy) is 1. The molecule has 31 heavy (non-hydrogen) atoms. The van der Waals surface area contributed by atoms with E-state index in [1.54, 1.807) is 0 Å². The molecule has 1 aromatic carbocycles. The molecule has 0 radical (unpaired) electrons. The molecule has 2 heterocycles. The molecule has 3 N–H and O–H groups in total. The lowest BCUT2D eigenvalue weighted by Crippen LogP contribution is -2.37. The summed E-state index contributed by atoms with van der Waals surface area (Å²) in [6.07, 6.45) is 1.94. The van der Waals surface area contributed by atoms with Crippen molar-refractivity contribution >= 4 is 46.4 Å². The van der Waals surface area contributed by atoms with E-state index >= 15 is 0 Å². The Morgan fingerprint density at radius 1 is 1.23 bits per heavy atom. The Balaban J connectivity index is 1.61. The second-order valence-electron chi connectivity index (χ2n) is 6.61. The number of rotatable bonds is 9. The summed E-state index contributed by atoms with van der Waals surface area (Å²) < 4.78 is 5.31. The average Bonchev–Trinajstić information content (AvgIpc) is 2.75. The number of amides is 1. The molecule has 0 aliphatic carbocycles. The van der Waals surface area contributed by atoms with Gasteiger partial charge in [0.2, 0.25) is 11.6 Å². The van der Waals surface area contributed by atoms with E-state index in [-0.39, 0.29) is 27.9 Å². The maximum atomic E-state index is 12.3. The van der Waals surface area contributed by atoms with Crippen molar-refractivity contribution in [3.63, 3.8) is 0 Å². The Hall–Kier alpha value is -2.73. The number of nitrogens with one attached hydrogen (secondary N) is 3. The molecule has 166 valence electrons. The molecule has 1 aliphatic heterocycles. The van der Waals surface area contributed by atoms with E-state index in [1.165, 1.54) is 24.5 Å². The predicted octanol–water partition coefficient (Wildman–Crippen LogP) is 2.58. The Kier molecular flexibility index (Phi) is 8.18. The maximum Gasteiger partial charge on any atom is 0.354 e. The summed E-state index contributed by atoms with van der Waals surface area (Å²) in [4.78, 5) is 33.4. The van der Waals surface area contributed by atoms with Crippen LogP contribution in [0.1, 0.15) is 16.8 Å². The van der Waals surface area contributed by atoms with Crippen LogP contribution in [0.4, 0.5) is 17.3 Å². The summed E-state index contributed by atoms with van der Waals surface area (Å²) in [6, 6.07) is 4.37. The lowest BCUT2D eigenvalue weighted by molar-refractivity contribution is -0.383. The number of carbonyl (C=O) groups excluding carboxylic acids is 1. The molecule has 11 nitrogen and oxygen atoms in total. The van der Waals surface area contributed by atoms with Crippen molar-refractivity contribution in [1.82, 2.24) is 20.3 Å². The van der Waals surface area contributed by atoms with Crippen molar-refractivity contribution < 1.29 is 14.5 Å². The van der Waals surface area contributed by atoms with E-state index in [4.69, 9.17) is 27.9 Å². The van der Waals surface area contributed by atoms with E-state index in [9.17, 15) is 14.9 Å². The molecule has 3 rings (SSSR count). The van der Waals surface area contributed by atoms with E-state index in [0.717, 1.165) is 26.1 Å². The number of morpholine rings is 1. The van der Waals surface area contributed by atoms with Crippen molar-refractivity contribution in [1.29, 1.82) is 0 Å². The zero-order valence-corrected chi connectivity index (χ0v) is 17.9. The van der Waals surface area contributed by atoms with Gasteiger partial charge in [-0.05, 0) is 31.2 Å². The van der Waals surface area contributed by atoms with E-state index in [0.29, 0.717) is 24.8 Å². The molecule has 0 bridgehead atoms. The number of anilines is 2. The monoisotopic (exact) mass is 469 g/mol. The van der Waals surface area contributed by atoms with Crippen molar-refractivity contribution in [2.45, 2.75) is 6.42 Å². The van der Waals surface area contributed by atoms with Crippen LogP contribution in [0.5, 0.6) is 0 Å². The lowest BCUT2D eigenvalue weighted by Gasteiger charge is -2.26. The largest absolute Gasteiger partial charge is 0.379 e. The van der Waals surface area contributed by atoms with Gasteiger partial charge in [-0.25, -0.2) is 9.97 Å². The maximum absolute atomic E-state index is 12.3. The molecule has 1 aromatic heterocycles. The zero-order valence-electron chi connectivity index (χ0n) is 16.4. The van der Waals surface area contributed by atoms with Gasteiger partial charge in [0.1, 0.15) is 6.33 Å². The molecule has 0 saturated carbocycles. The lowest BCUT2D eigenvalue weighted by atomic mass is 10.2. The molecule has 1 fully saturated rings. The van der Waals surface area contributed by atoms with Crippen LogP contribution in [0.3, 0.4) is 0 Å². The number of hydrogen-bond donors (Lipinski definition) is 3. The first-order valence-electron chi connectivity index (χ1n) is 9.50. The zero-order chi connectivity index (χ0) is 22.2. The Morgan fingerprint density at radius 2 is 1.97 bits per heavy atom. The Bertz CT molecular complexity index is 941. The third-order valence-corrected chi connectivity index (χ3v) is 5.07. The van der Waals surface area contributed by atoms with E-state index < -0.39 is 10.8 Å². The highest BCUT2D eigenvalue weighted by Crippen LogP contribution is 2.28. The molecule has 1 amide bonds. The van der Waals surface area contributed by atoms with Crippen molar-refractivity contribution in [2.75, 3.05) is 50.1 Å². The van der Waals surface area contributed by atoms with Crippen molar-refractivity contribution in [3.05, 3.63) is 50.2 Å². The minimum atomic E-state index is -0.617. The van der Waals surface area contributed by atoms with Gasteiger partial charge in [-0.3, -0.25) is 30.7 Å². The fourth-order valence-corrected chi connectivity index (χ4v) is 3.46. The molecular formula is C18H21Cl2N7O4. The van der Waals surface area contributed by atoms with Crippen LogP contribution in [-0.4, -0.2) is 65.1 Å². The Morgan fingerprint density at radius 3 is 2.68 bits per heavy atom. The molecule has 0 spiro atoms. The summed E-state index contributed by atoms with van der Waals surface area (Å²) in [6.45, 7) is 4.51. The van der Waals surface area contributed by atoms with Gasteiger partial charge < -0.3 is 10.1 Å². The number of nitro groups is 1. The van der Waals surface area contributed by atoms with Crippen molar-refractivity contribution in [2.24, 2.45) is 0 Å². The van der Waals surface area contributed by atoms with Gasteiger partial charge in [-0.1, -0.05) is 23.2 Å². The fourth-order valence-electron chi connectivity index (χ4n) is 2.96. The van der Waals surface area contributed by atoms with Crippen LogP contribution in [-0.2, 0) is 4.74 Å². The molecule has 2 aromatic rings. The van der Waals surface area contributed by atoms with Crippen LogP contribution in [0, 0.1) is 10.1 Å². The van der Waals surface area contributed by atoms with Crippen LogP contribution in [0.2, 0.25) is 10.0 Å². The van der Waals surface area contributed by atoms with Gasteiger partial charge in [0.05, 0.1) is 28.7 Å². The number of aromatic nitrogens is 2. The minimum Gasteiger partial charge on any atom is -0.379 e. The summed E-state index contributed by atoms with van der Waals surface area (Å²) in [7, 11) is 0. The van der Waals surface area contributed by atoms with Gasteiger partial charge in [0, 0.05) is 24.7 Å². The van der Waals surface area contributed by atoms with Gasteiger partial charge in [0.15, 0.2) is 0 Å². The topological polar surface area (TPSA) is 135 Å². The first kappa shape index (κ1) is 22.9. The molecule has 13 heteroatoms. The first-order chi connectivity index (χ1) is 15.0. The van der Waals surface area contributed by atoms with Crippen molar-refractivity contribution in [3.8, 4) is 0 Å². The second kappa shape index (κ2) is 11.0. The minimum absolute atomic E-state index is 0.0586. The third kappa shape index (κ3) is 6.37. The number of nitrogens with zero attached hydrogens (tertiary/aromatic N) is 4. The molecule has 1 saturated heterocycles. The number of hydrogen-bond acceptors (Lipinski definition) is 9. The van der Waals surface area contributed by atoms with Gasteiger partial charge >= 0.3 is 5.69 Å². The number of halogens is 2. The number of benzene rings is 1. The third-order valence-electron chi connectivity index (χ3n) is 4.52. The van der Waals surface area contributed by atoms with E-state index in [1.807, 2.05) is 0 Å². The highest BCUT2D eigenvalue weighted by atomic mass is 35.5. The number of carbonyl (C=O) groups is 1. The van der Waals surface area contributed by atoms with E-state index in [2.05, 4.69) is 31.0 Å². The summed E-state index contributed by atoms with van der Waals surface area (Å²) in [5.41, 5.74) is 4.59. The van der Waals surface area contributed by atoms with Gasteiger partial charge in [0.25, 0.3) is 5.91 Å². The van der Waals surface area contributed by atoms with Crippen LogP contribution >= 0.6 is 23.2 Å². The normalized spacial score (nSPS) is 14.1. The van der Waals surface area contributed by atoms with Crippen LogP contribution in [0.25, 0.3) is 0 Å². The smallest absolute Gasteiger partial charge is 0.354 e. The summed E-state index contributed by atoms with van der Waals surface area (Å²) >= 11 is 11.8. The highest BCUT2D eigenvalue weighted by molar-refractivity contribution is 6.36. The SMILES string of the molecule is O=C(NNc1ncnc(NCCCN2CCOCC2)c1[N+](=O)[O-])c1ccc(Cl)cc1Cl. The predicted molar refractivity (Wildman–Crippen MR) is 117 cm³/mol. The van der Waals surface area contributed by atoms with Crippen LogP contribution < -0.4 is 16.2 Å². The summed E-state index contributed by atoms with van der Waals surface area (Å²) in [5, 5.41) is 15.1. The highest BCUT2D eigenvalue weighted by Gasteiger charge is 2.23. The molecular weight excluding hydrogens is 449 g/mol. The molecule has 0 atom stereocenters. The number of hydrazine groups is 1. The van der Waals surface area contributed by atoms with Crippen LogP contribution in [0.15, 0.2) is 24.5 Å². The molecule has 1 aliphatic rings. The Labute approximate surface area is 188 Å². The molecule has 0 unspecified atom stereocenters. The first-order valence-corrected chi connectivity index (χ1v) is 10.3. The average molecular weight is 470 g/mol. The standard InChI is InChI=1S/C18H21Cl2N7O4/c19-12-2-3-13(14(20)10-12)18(28)25-24-17-15(27(29)30)16(22-11-23-17)21-4-1-5-26-6-8-31-9-7-26/h2-3,10-11H,1,4-9H2,(H,25,28)(H2,21,22,23,24). The van der Waals surface area contributed by atoms with Gasteiger partial charge in [-0.15, -0.1) is 0 Å². The van der Waals surface area contributed by atoms with Gasteiger partial charge in [-0.2, -0.15) is 0 Å². The quantitative estimate of drug-likeness (QED) is 0.287. The fraction of sp³-hybridized carbons (Fsp3) is 0.389.